The van der Waals surface area contributed by atoms with Crippen LogP contribution in [-0.2, 0) is 4.79 Å². The normalized spacial score (nSPS) is 17.7. The molecule has 0 bridgehead atoms. The number of quaternary nitrogens is 1. The molecule has 1 heterocycles. The van der Waals surface area contributed by atoms with Crippen molar-refractivity contribution in [2.75, 3.05) is 0 Å². The molecule has 0 aromatic carbocycles. The maximum Gasteiger partial charge on any atom is 0.420 e. The summed E-state index contributed by atoms with van der Waals surface area (Å²) in [4.78, 5) is 22.6. The van der Waals surface area contributed by atoms with Crippen molar-refractivity contribution in [3.63, 3.8) is 0 Å². The molecular formula is C9H17Cl2N2O2-. The van der Waals surface area contributed by atoms with Crippen LogP contribution in [0.25, 0.3) is 0 Å². The van der Waals surface area contributed by atoms with Gasteiger partial charge in [0.15, 0.2) is 5.54 Å². The van der Waals surface area contributed by atoms with Gasteiger partial charge in [0.1, 0.15) is 0 Å². The van der Waals surface area contributed by atoms with Gasteiger partial charge in [-0.3, -0.25) is 4.79 Å². The molecule has 1 aliphatic rings. The standard InChI is InChI=1S/C9H16N2O2.2ClH/c1-3-5-9(6-4-2)7(12)10-8(13)11-9;;/h3-6H2,1-2H3,(H2,10,11,12,13);2*1H/p-1. The van der Waals surface area contributed by atoms with Crippen molar-refractivity contribution < 1.29 is 39.7 Å². The number of hydrogen-bond acceptors (Lipinski definition) is 2. The quantitative estimate of drug-likeness (QED) is 0.492. The SMILES string of the molecule is CCCC1(CCC)[NH2+]C(=O)NC1=O.[Cl-].[Cl-]. The van der Waals surface area contributed by atoms with E-state index in [4.69, 9.17) is 0 Å². The first-order valence-corrected chi connectivity index (χ1v) is 4.86. The summed E-state index contributed by atoms with van der Waals surface area (Å²) >= 11 is 0. The Bertz CT molecular complexity index is 228. The molecule has 0 aromatic rings. The number of hydrogen-bond donors (Lipinski definition) is 2. The van der Waals surface area contributed by atoms with Crippen molar-refractivity contribution >= 4 is 11.9 Å². The third-order valence-electron chi connectivity index (χ3n) is 2.49. The van der Waals surface area contributed by atoms with Gasteiger partial charge in [0.25, 0.3) is 5.91 Å². The van der Waals surface area contributed by atoms with E-state index in [2.05, 4.69) is 5.32 Å². The summed E-state index contributed by atoms with van der Waals surface area (Å²) in [7, 11) is 0. The van der Waals surface area contributed by atoms with Crippen LogP contribution < -0.4 is 35.4 Å². The van der Waals surface area contributed by atoms with Gasteiger partial charge in [-0.05, 0) is 12.8 Å². The van der Waals surface area contributed by atoms with E-state index in [9.17, 15) is 9.59 Å². The molecule has 1 aliphatic heterocycles. The molecule has 6 heteroatoms. The second kappa shape index (κ2) is 7.04. The maximum absolute atomic E-state index is 11.5. The molecule has 0 unspecified atom stereocenters. The summed E-state index contributed by atoms with van der Waals surface area (Å²) in [5, 5.41) is 3.90. The van der Waals surface area contributed by atoms with Crippen molar-refractivity contribution in [1.29, 1.82) is 0 Å². The molecule has 3 amide bonds. The third-order valence-corrected chi connectivity index (χ3v) is 2.49. The van der Waals surface area contributed by atoms with Crippen LogP contribution in [0.2, 0.25) is 0 Å². The van der Waals surface area contributed by atoms with Gasteiger partial charge in [-0.1, -0.05) is 13.8 Å². The number of nitrogens with two attached hydrogens (primary N) is 1. The summed E-state index contributed by atoms with van der Waals surface area (Å²) < 4.78 is 0. The van der Waals surface area contributed by atoms with E-state index in [-0.39, 0.29) is 36.8 Å². The van der Waals surface area contributed by atoms with Gasteiger partial charge >= 0.3 is 6.03 Å². The first-order chi connectivity index (χ1) is 6.14. The van der Waals surface area contributed by atoms with E-state index in [0.717, 1.165) is 25.7 Å². The van der Waals surface area contributed by atoms with Crippen molar-refractivity contribution in [2.45, 2.75) is 45.1 Å². The molecule has 0 saturated carbocycles. The first kappa shape index (κ1) is 17.1. The Hall–Kier alpha value is -0.320. The number of rotatable bonds is 4. The topological polar surface area (TPSA) is 62.8 Å². The van der Waals surface area contributed by atoms with Crippen LogP contribution in [-0.4, -0.2) is 17.5 Å². The lowest BCUT2D eigenvalue weighted by Crippen LogP contribution is -3.00. The minimum Gasteiger partial charge on any atom is -1.00 e. The lowest BCUT2D eigenvalue weighted by Gasteiger charge is -2.19. The minimum absolute atomic E-state index is 0. The number of carbonyl (C=O) groups excluding carboxylic acids is 2. The highest BCUT2D eigenvalue weighted by atomic mass is 35.5. The second-order valence-corrected chi connectivity index (χ2v) is 3.62. The maximum atomic E-state index is 11.5. The first-order valence-electron chi connectivity index (χ1n) is 4.86. The average Bonchev–Trinajstić information content (AvgIpc) is 2.28. The minimum atomic E-state index is -0.499. The van der Waals surface area contributed by atoms with Gasteiger partial charge in [-0.25, -0.2) is 15.4 Å². The highest BCUT2D eigenvalue weighted by Crippen LogP contribution is 2.17. The fourth-order valence-corrected chi connectivity index (χ4v) is 1.98. The summed E-state index contributed by atoms with van der Waals surface area (Å²) in [6.45, 7) is 4.06. The number of halogens is 2. The molecule has 1 fully saturated rings. The van der Waals surface area contributed by atoms with Crippen LogP contribution in [0.5, 0.6) is 0 Å². The van der Waals surface area contributed by atoms with Crippen LogP contribution >= 0.6 is 0 Å². The molecule has 4 nitrogen and oxygen atoms in total. The van der Waals surface area contributed by atoms with Gasteiger partial charge in [0.2, 0.25) is 0 Å². The smallest absolute Gasteiger partial charge is 0.420 e. The van der Waals surface area contributed by atoms with E-state index < -0.39 is 5.54 Å². The number of urea groups is 1. The second-order valence-electron chi connectivity index (χ2n) is 3.62. The highest BCUT2D eigenvalue weighted by molar-refractivity contribution is 6.00. The van der Waals surface area contributed by atoms with Crippen molar-refractivity contribution in [3.8, 4) is 0 Å². The molecule has 0 radical (unpaired) electrons. The monoisotopic (exact) mass is 255 g/mol. The van der Waals surface area contributed by atoms with Gasteiger partial charge in [0.05, 0.1) is 0 Å². The molecule has 15 heavy (non-hydrogen) atoms. The largest absolute Gasteiger partial charge is 1.00 e. The average molecular weight is 256 g/mol. The Labute approximate surface area is 102 Å². The molecule has 3 N–H and O–H groups in total. The molecule has 0 atom stereocenters. The number of imide groups is 1. The molecule has 0 spiro atoms. The fraction of sp³-hybridized carbons (Fsp3) is 0.778. The Balaban J connectivity index is 0. The van der Waals surface area contributed by atoms with Crippen LogP contribution in [0.15, 0.2) is 0 Å². The molecule has 0 aliphatic carbocycles. The Morgan fingerprint density at radius 3 is 1.87 bits per heavy atom. The van der Waals surface area contributed by atoms with E-state index in [0.29, 0.717) is 0 Å². The lowest BCUT2D eigenvalue weighted by molar-refractivity contribution is -0.614. The van der Waals surface area contributed by atoms with E-state index in [1.54, 1.807) is 5.32 Å². The predicted molar refractivity (Wildman–Crippen MR) is 48.0 cm³/mol. The summed E-state index contributed by atoms with van der Waals surface area (Å²) in [6, 6.07) is -0.230. The number of primary amides is 1. The van der Waals surface area contributed by atoms with Crippen LogP contribution in [0.1, 0.15) is 39.5 Å². The summed E-state index contributed by atoms with van der Waals surface area (Å²) in [6.07, 6.45) is 3.41. The van der Waals surface area contributed by atoms with E-state index in [1.165, 1.54) is 0 Å². The van der Waals surface area contributed by atoms with Crippen LogP contribution in [0.4, 0.5) is 4.79 Å². The Kier molecular flexibility index (Phi) is 8.02. The van der Waals surface area contributed by atoms with Gasteiger partial charge in [-0.2, -0.15) is 0 Å². The van der Waals surface area contributed by atoms with Crippen molar-refractivity contribution in [2.24, 2.45) is 0 Å². The van der Waals surface area contributed by atoms with Crippen LogP contribution in [0, 0.1) is 0 Å². The van der Waals surface area contributed by atoms with E-state index >= 15 is 0 Å². The zero-order valence-corrected chi connectivity index (χ0v) is 10.5. The third kappa shape index (κ3) is 3.63. The predicted octanol–water partition coefficient (Wildman–Crippen LogP) is -5.85. The number of amides is 3. The number of nitrogens with one attached hydrogen (secondary N) is 1. The van der Waals surface area contributed by atoms with Crippen LogP contribution in [0.3, 0.4) is 0 Å². The summed E-state index contributed by atoms with van der Waals surface area (Å²) in [5.41, 5.74) is -0.499. The molecule has 1 rings (SSSR count). The Morgan fingerprint density at radius 1 is 1.13 bits per heavy atom. The Morgan fingerprint density at radius 2 is 1.60 bits per heavy atom. The molecule has 90 valence electrons. The highest BCUT2D eigenvalue weighted by Gasteiger charge is 2.49. The zero-order chi connectivity index (χ0) is 9.90. The van der Waals surface area contributed by atoms with Crippen molar-refractivity contribution in [3.05, 3.63) is 0 Å². The summed E-state index contributed by atoms with van der Waals surface area (Å²) in [5.74, 6) is -0.110. The molecule has 1 saturated heterocycles. The molecular weight excluding hydrogens is 239 g/mol. The van der Waals surface area contributed by atoms with E-state index in [1.807, 2.05) is 13.8 Å². The zero-order valence-electron chi connectivity index (χ0n) is 8.98. The lowest BCUT2D eigenvalue weighted by atomic mass is 9.89. The van der Waals surface area contributed by atoms with Crippen molar-refractivity contribution in [1.82, 2.24) is 5.32 Å². The molecule has 0 aromatic heterocycles. The van der Waals surface area contributed by atoms with Gasteiger partial charge in [0, 0.05) is 12.8 Å². The fourth-order valence-electron chi connectivity index (χ4n) is 1.98. The van der Waals surface area contributed by atoms with Gasteiger partial charge in [-0.15, -0.1) is 0 Å². The van der Waals surface area contributed by atoms with Gasteiger partial charge < -0.3 is 24.8 Å². The number of carbonyl (C=O) groups is 2.